The Hall–Kier alpha value is -2.57. The Morgan fingerprint density at radius 2 is 1.55 bits per heavy atom. The van der Waals surface area contributed by atoms with Gasteiger partial charge in [0.05, 0.1) is 16.7 Å². The van der Waals surface area contributed by atoms with Crippen molar-refractivity contribution in [1.82, 2.24) is 5.32 Å². The van der Waals surface area contributed by atoms with E-state index in [1.807, 2.05) is 37.4 Å². The molecule has 4 nitrogen and oxygen atoms in total. The molecule has 0 aliphatic rings. The fourth-order valence-electron chi connectivity index (χ4n) is 2.94. The Bertz CT molecular complexity index is 1060. The Kier molecular flexibility index (Phi) is 6.77. The highest BCUT2D eigenvalue weighted by Gasteiger charge is 2.16. The largest absolute Gasteiger partial charge is 0.346 e. The van der Waals surface area contributed by atoms with Crippen LogP contribution in [0.2, 0.25) is 0 Å². The molecule has 0 spiro atoms. The molecular weight excluding hydrogens is 402 g/mol. The molecule has 3 aromatic carbocycles. The SMILES string of the molecule is CSc1ccc(C(C)NC(=O)c2ccc(CS(=O)(=O)c3ccccc3)cc2)cc1. The van der Waals surface area contributed by atoms with Gasteiger partial charge in [0.1, 0.15) is 0 Å². The second-order valence-corrected chi connectivity index (χ2v) is 9.61. The summed E-state index contributed by atoms with van der Waals surface area (Å²) in [4.78, 5) is 14.0. The van der Waals surface area contributed by atoms with E-state index in [2.05, 4.69) is 5.32 Å². The molecule has 1 atom stereocenters. The molecule has 0 fully saturated rings. The summed E-state index contributed by atoms with van der Waals surface area (Å²) < 4.78 is 25.0. The van der Waals surface area contributed by atoms with Crippen LogP contribution < -0.4 is 5.32 Å². The number of hydrogen-bond donors (Lipinski definition) is 1. The highest BCUT2D eigenvalue weighted by molar-refractivity contribution is 7.98. The van der Waals surface area contributed by atoms with Crippen LogP contribution in [0.3, 0.4) is 0 Å². The molecule has 0 radical (unpaired) electrons. The number of nitrogens with one attached hydrogen (secondary N) is 1. The molecule has 0 aliphatic heterocycles. The van der Waals surface area contributed by atoms with Crippen LogP contribution in [0.15, 0.2) is 88.7 Å². The predicted molar refractivity (Wildman–Crippen MR) is 118 cm³/mol. The molecular formula is C23H23NO3S2. The summed E-state index contributed by atoms with van der Waals surface area (Å²) in [6.45, 7) is 1.94. The lowest BCUT2D eigenvalue weighted by atomic mass is 10.1. The van der Waals surface area contributed by atoms with Crippen molar-refractivity contribution in [3.63, 3.8) is 0 Å². The van der Waals surface area contributed by atoms with Crippen molar-refractivity contribution in [2.24, 2.45) is 0 Å². The van der Waals surface area contributed by atoms with Gasteiger partial charge in [-0.2, -0.15) is 0 Å². The highest BCUT2D eigenvalue weighted by atomic mass is 32.2. The van der Waals surface area contributed by atoms with Crippen LogP contribution in [0.25, 0.3) is 0 Å². The second-order valence-electron chi connectivity index (χ2n) is 6.74. The van der Waals surface area contributed by atoms with Crippen LogP contribution in [0.1, 0.15) is 34.5 Å². The minimum Gasteiger partial charge on any atom is -0.346 e. The van der Waals surface area contributed by atoms with Crippen LogP contribution in [0, 0.1) is 0 Å². The van der Waals surface area contributed by atoms with Gasteiger partial charge in [0.2, 0.25) is 0 Å². The van der Waals surface area contributed by atoms with Gasteiger partial charge in [-0.1, -0.05) is 42.5 Å². The minimum atomic E-state index is -3.41. The number of benzene rings is 3. The van der Waals surface area contributed by atoms with Gasteiger partial charge in [-0.05, 0) is 60.7 Å². The first-order valence-electron chi connectivity index (χ1n) is 9.20. The topological polar surface area (TPSA) is 63.2 Å². The zero-order valence-electron chi connectivity index (χ0n) is 16.3. The van der Waals surface area contributed by atoms with E-state index < -0.39 is 9.84 Å². The first-order chi connectivity index (χ1) is 13.9. The van der Waals surface area contributed by atoms with Gasteiger partial charge in [0.15, 0.2) is 9.84 Å². The summed E-state index contributed by atoms with van der Waals surface area (Å²) in [5.74, 6) is -0.291. The molecule has 0 saturated carbocycles. The minimum absolute atomic E-state index is 0.100. The van der Waals surface area contributed by atoms with E-state index in [0.717, 1.165) is 5.56 Å². The van der Waals surface area contributed by atoms with E-state index in [-0.39, 0.29) is 17.7 Å². The van der Waals surface area contributed by atoms with Crippen molar-refractivity contribution in [3.05, 3.63) is 95.6 Å². The van der Waals surface area contributed by atoms with Crippen LogP contribution in [-0.2, 0) is 15.6 Å². The Morgan fingerprint density at radius 1 is 0.931 bits per heavy atom. The monoisotopic (exact) mass is 425 g/mol. The zero-order chi connectivity index (χ0) is 20.9. The molecule has 0 aliphatic carbocycles. The maximum absolute atomic E-state index is 12.5. The summed E-state index contributed by atoms with van der Waals surface area (Å²) in [7, 11) is -3.41. The summed E-state index contributed by atoms with van der Waals surface area (Å²) in [6.07, 6.45) is 2.02. The third kappa shape index (κ3) is 5.49. The number of thioether (sulfide) groups is 1. The summed E-state index contributed by atoms with van der Waals surface area (Å²) in [5.41, 5.74) is 2.17. The van der Waals surface area contributed by atoms with E-state index in [9.17, 15) is 13.2 Å². The smallest absolute Gasteiger partial charge is 0.251 e. The van der Waals surface area contributed by atoms with E-state index >= 15 is 0 Å². The fraction of sp³-hybridized carbons (Fsp3) is 0.174. The quantitative estimate of drug-likeness (QED) is 0.549. The molecule has 6 heteroatoms. The maximum atomic E-state index is 12.5. The molecule has 0 saturated heterocycles. The molecule has 29 heavy (non-hydrogen) atoms. The van der Waals surface area contributed by atoms with Crippen LogP contribution in [0.4, 0.5) is 0 Å². The van der Waals surface area contributed by atoms with Crippen molar-refractivity contribution >= 4 is 27.5 Å². The summed E-state index contributed by atoms with van der Waals surface area (Å²) in [5, 5.41) is 2.98. The van der Waals surface area contributed by atoms with Crippen molar-refractivity contribution in [2.45, 2.75) is 28.5 Å². The summed E-state index contributed by atoms with van der Waals surface area (Å²) >= 11 is 1.67. The van der Waals surface area contributed by atoms with Crippen molar-refractivity contribution < 1.29 is 13.2 Å². The molecule has 150 valence electrons. The maximum Gasteiger partial charge on any atom is 0.251 e. The van der Waals surface area contributed by atoms with Gasteiger partial charge in [-0.25, -0.2) is 8.42 Å². The van der Waals surface area contributed by atoms with E-state index in [1.165, 1.54) is 4.90 Å². The fourth-order valence-corrected chi connectivity index (χ4v) is 4.72. The van der Waals surface area contributed by atoms with Crippen molar-refractivity contribution in [2.75, 3.05) is 6.26 Å². The number of carbonyl (C=O) groups is 1. The van der Waals surface area contributed by atoms with Crippen molar-refractivity contribution in [1.29, 1.82) is 0 Å². The number of rotatable bonds is 7. The average molecular weight is 426 g/mol. The van der Waals surface area contributed by atoms with E-state index in [0.29, 0.717) is 16.0 Å². The van der Waals surface area contributed by atoms with Gasteiger partial charge in [-0.15, -0.1) is 11.8 Å². The first kappa shape index (κ1) is 21.1. The second kappa shape index (κ2) is 9.29. The lowest BCUT2D eigenvalue weighted by molar-refractivity contribution is 0.0940. The average Bonchev–Trinajstić information content (AvgIpc) is 2.74. The summed E-state index contributed by atoms with van der Waals surface area (Å²) in [6, 6.07) is 23.0. The Balaban J connectivity index is 1.65. The molecule has 0 bridgehead atoms. The van der Waals surface area contributed by atoms with E-state index in [1.54, 1.807) is 66.4 Å². The number of amides is 1. The van der Waals surface area contributed by atoms with Gasteiger partial charge in [-0.3, -0.25) is 4.79 Å². The first-order valence-corrected chi connectivity index (χ1v) is 12.1. The predicted octanol–water partition coefficient (Wildman–Crippen LogP) is 4.87. The lowest BCUT2D eigenvalue weighted by Gasteiger charge is -2.15. The standard InChI is InChI=1S/C23H23NO3S2/c1-17(19-12-14-21(28-2)15-13-19)24-23(25)20-10-8-18(9-11-20)16-29(26,27)22-6-4-3-5-7-22/h3-15,17H,16H2,1-2H3,(H,24,25). The van der Waals surface area contributed by atoms with E-state index in [4.69, 9.17) is 0 Å². The van der Waals surface area contributed by atoms with Gasteiger partial charge in [0, 0.05) is 10.5 Å². The molecule has 0 heterocycles. The van der Waals surface area contributed by atoms with Crippen LogP contribution in [0.5, 0.6) is 0 Å². The third-order valence-corrected chi connectivity index (χ3v) is 7.09. The zero-order valence-corrected chi connectivity index (χ0v) is 18.0. The Labute approximate surface area is 176 Å². The Morgan fingerprint density at radius 3 is 2.14 bits per heavy atom. The van der Waals surface area contributed by atoms with Crippen LogP contribution >= 0.6 is 11.8 Å². The molecule has 0 aromatic heterocycles. The molecule has 1 unspecified atom stereocenters. The van der Waals surface area contributed by atoms with Gasteiger partial charge < -0.3 is 5.32 Å². The highest BCUT2D eigenvalue weighted by Crippen LogP contribution is 2.20. The lowest BCUT2D eigenvalue weighted by Crippen LogP contribution is -2.26. The number of carbonyl (C=O) groups excluding carboxylic acids is 1. The molecule has 1 amide bonds. The number of hydrogen-bond acceptors (Lipinski definition) is 4. The number of sulfone groups is 1. The van der Waals surface area contributed by atoms with Gasteiger partial charge >= 0.3 is 0 Å². The van der Waals surface area contributed by atoms with Crippen molar-refractivity contribution in [3.8, 4) is 0 Å². The third-order valence-electron chi connectivity index (χ3n) is 4.64. The normalized spacial score (nSPS) is 12.3. The molecule has 1 N–H and O–H groups in total. The van der Waals surface area contributed by atoms with Crippen LogP contribution in [-0.4, -0.2) is 20.6 Å². The molecule has 3 aromatic rings. The van der Waals surface area contributed by atoms with Gasteiger partial charge in [0.25, 0.3) is 5.91 Å². The molecule has 3 rings (SSSR count).